The summed E-state index contributed by atoms with van der Waals surface area (Å²) >= 11 is 0. The van der Waals surface area contributed by atoms with Crippen molar-refractivity contribution in [3.63, 3.8) is 0 Å². The van der Waals surface area contributed by atoms with Gasteiger partial charge in [0, 0.05) is 37.2 Å². The van der Waals surface area contributed by atoms with Crippen LogP contribution in [0.25, 0.3) is 11.3 Å². The smallest absolute Gasteiger partial charge is 0.261 e. The fraction of sp³-hybridized carbons (Fsp3) is 0.391. The van der Waals surface area contributed by atoms with Crippen molar-refractivity contribution in [2.45, 2.75) is 45.3 Å². The summed E-state index contributed by atoms with van der Waals surface area (Å²) in [5.74, 6) is -0.407. The maximum Gasteiger partial charge on any atom is 0.261 e. The lowest BCUT2D eigenvalue weighted by Gasteiger charge is -2.14. The predicted molar refractivity (Wildman–Crippen MR) is 123 cm³/mol. The Labute approximate surface area is 189 Å². The third-order valence-electron chi connectivity index (χ3n) is 5.19. The van der Waals surface area contributed by atoms with Gasteiger partial charge in [0.15, 0.2) is 0 Å². The fourth-order valence-electron chi connectivity index (χ4n) is 3.49. The van der Waals surface area contributed by atoms with Gasteiger partial charge in [-0.25, -0.2) is 9.07 Å². The molecule has 0 saturated carbocycles. The molecule has 1 unspecified atom stereocenters. The quantitative estimate of drug-likeness (QED) is 0.300. The van der Waals surface area contributed by atoms with E-state index >= 15 is 0 Å². The van der Waals surface area contributed by atoms with Crippen LogP contribution in [0, 0.1) is 23.7 Å². The molecule has 9 heteroatoms. The molecule has 2 heterocycles. The van der Waals surface area contributed by atoms with Crippen LogP contribution in [-0.4, -0.2) is 39.3 Å². The zero-order valence-corrected chi connectivity index (χ0v) is 20.0. The van der Waals surface area contributed by atoms with Crippen LogP contribution in [-0.2, 0) is 24.9 Å². The van der Waals surface area contributed by atoms with Crippen LogP contribution in [0.3, 0.4) is 0 Å². The summed E-state index contributed by atoms with van der Waals surface area (Å²) in [6, 6.07) is 9.19. The van der Waals surface area contributed by atoms with Crippen molar-refractivity contribution in [3.05, 3.63) is 65.3 Å². The van der Waals surface area contributed by atoms with Crippen LogP contribution in [0.1, 0.15) is 35.5 Å². The molecule has 0 radical (unpaired) electrons. The summed E-state index contributed by atoms with van der Waals surface area (Å²) in [6.45, 7) is 11.0. The molecular formula is C23H29FN5O2Si+. The van der Waals surface area contributed by atoms with Crippen LogP contribution >= 0.6 is 0 Å². The zero-order chi connectivity index (χ0) is 23.5. The number of rotatable bonds is 9. The summed E-state index contributed by atoms with van der Waals surface area (Å²) in [5.41, 5.74) is 3.95. The third kappa shape index (κ3) is 5.65. The number of aromatic nitrogens is 4. The molecule has 1 aromatic carbocycles. The molecule has 1 atom stereocenters. The van der Waals surface area contributed by atoms with Gasteiger partial charge >= 0.3 is 0 Å². The van der Waals surface area contributed by atoms with Crippen molar-refractivity contribution < 1.29 is 14.2 Å². The number of nitrogens with zero attached hydrogens (tertiary/aromatic N) is 5. The Bertz CT molecular complexity index is 1120. The highest BCUT2D eigenvalue weighted by molar-refractivity contribution is 6.79. The first-order valence-electron chi connectivity index (χ1n) is 10.5. The average Bonchev–Trinajstić information content (AvgIpc) is 3.27. The maximum absolute atomic E-state index is 13.8. The van der Waals surface area contributed by atoms with E-state index in [0.717, 1.165) is 17.3 Å². The Balaban J connectivity index is 1.84. The lowest BCUT2D eigenvalue weighted by Crippen LogP contribution is -2.23. The first kappa shape index (κ1) is 23.7. The van der Waals surface area contributed by atoms with Gasteiger partial charge in [-0.2, -0.15) is 15.5 Å². The van der Waals surface area contributed by atoms with Gasteiger partial charge in [-0.05, 0) is 49.8 Å². The summed E-state index contributed by atoms with van der Waals surface area (Å²) in [7, 11) is 0.364. The Morgan fingerprint density at radius 3 is 2.75 bits per heavy atom. The normalized spacial score (nSPS) is 12.7. The van der Waals surface area contributed by atoms with Gasteiger partial charge in [0.2, 0.25) is 0 Å². The second-order valence-electron chi connectivity index (χ2n) is 8.81. The standard InChI is InChI=1S/C23H29FN5O2Si/c1-16(30)22-11-18(24)6-7-21(22)23-17(14-26-28(23)2)10-19-12-20(13-25)29(27-19)15-31-8-9-32(3,4)5/h6-7,11-12,14,16,30H,3,8-10,15H2,1-2,4-5H3/q+1. The molecule has 0 spiro atoms. The molecule has 0 amide bonds. The van der Waals surface area contributed by atoms with Crippen LogP contribution < -0.4 is 0 Å². The van der Waals surface area contributed by atoms with E-state index in [1.807, 2.05) is 0 Å². The average molecular weight is 455 g/mol. The molecule has 3 aromatic rings. The van der Waals surface area contributed by atoms with E-state index in [1.54, 1.807) is 41.7 Å². The number of aryl methyl sites for hydroxylation is 1. The molecule has 0 aliphatic rings. The van der Waals surface area contributed by atoms with Gasteiger partial charge in [0.25, 0.3) is 8.07 Å². The number of hydrogen-bond acceptors (Lipinski definition) is 5. The molecule has 32 heavy (non-hydrogen) atoms. The number of aliphatic hydroxyl groups excluding tert-OH is 1. The molecule has 7 nitrogen and oxygen atoms in total. The molecule has 2 aromatic heterocycles. The third-order valence-corrected chi connectivity index (χ3v) is 6.74. The molecule has 0 aliphatic carbocycles. The molecule has 0 bridgehead atoms. The van der Waals surface area contributed by atoms with Crippen molar-refractivity contribution in [1.29, 1.82) is 5.26 Å². The Kier molecular flexibility index (Phi) is 7.18. The highest BCUT2D eigenvalue weighted by Gasteiger charge is 2.23. The minimum Gasteiger partial charge on any atom is -0.389 e. The van der Waals surface area contributed by atoms with E-state index in [2.05, 4.69) is 35.9 Å². The highest BCUT2D eigenvalue weighted by Crippen LogP contribution is 2.32. The molecule has 1 N–H and O–H groups in total. The first-order chi connectivity index (χ1) is 15.1. The molecule has 0 saturated heterocycles. The minimum absolute atomic E-state index is 0.206. The molecule has 168 valence electrons. The van der Waals surface area contributed by atoms with E-state index in [4.69, 9.17) is 4.74 Å². The van der Waals surface area contributed by atoms with Gasteiger partial charge in [0.05, 0.1) is 30.3 Å². The van der Waals surface area contributed by atoms with Crippen LogP contribution in [0.5, 0.6) is 0 Å². The monoisotopic (exact) mass is 454 g/mol. The number of aliphatic hydroxyl groups is 1. The maximum atomic E-state index is 13.8. The van der Waals surface area contributed by atoms with Gasteiger partial charge in [-0.1, -0.05) is 0 Å². The van der Waals surface area contributed by atoms with Crippen molar-refractivity contribution >= 4 is 8.07 Å². The van der Waals surface area contributed by atoms with E-state index < -0.39 is 20.0 Å². The molecular weight excluding hydrogens is 425 g/mol. The van der Waals surface area contributed by atoms with Gasteiger partial charge in [0.1, 0.15) is 24.3 Å². The van der Waals surface area contributed by atoms with Gasteiger partial charge in [-0.15, -0.1) is 0 Å². The molecule has 3 rings (SSSR count). The Morgan fingerprint density at radius 1 is 1.34 bits per heavy atom. The van der Waals surface area contributed by atoms with E-state index in [-0.39, 0.29) is 6.73 Å². The van der Waals surface area contributed by atoms with Gasteiger partial charge < -0.3 is 9.84 Å². The predicted octanol–water partition coefficient (Wildman–Crippen LogP) is 3.99. The SMILES string of the molecule is [CH2+][Si](C)(C)CCOCn1nc(Cc2cnn(C)c2-c2ccc(F)cc2C(C)O)cc1C#N. The fourth-order valence-corrected chi connectivity index (χ4v) is 4.19. The molecule has 0 aliphatic heterocycles. The number of ether oxygens (including phenoxy) is 1. The number of benzene rings is 1. The first-order valence-corrected chi connectivity index (χ1v) is 13.9. The lowest BCUT2D eigenvalue weighted by atomic mass is 9.96. The summed E-state index contributed by atoms with van der Waals surface area (Å²) < 4.78 is 22.8. The summed E-state index contributed by atoms with van der Waals surface area (Å²) in [6.07, 6.45) is 1.32. The zero-order valence-electron chi connectivity index (χ0n) is 19.0. The van der Waals surface area contributed by atoms with E-state index in [9.17, 15) is 14.8 Å². The Morgan fingerprint density at radius 2 is 2.09 bits per heavy atom. The van der Waals surface area contributed by atoms with E-state index in [0.29, 0.717) is 35.5 Å². The molecule has 0 fully saturated rings. The second kappa shape index (κ2) is 9.69. The van der Waals surface area contributed by atoms with Crippen LogP contribution in [0.2, 0.25) is 19.1 Å². The van der Waals surface area contributed by atoms with Crippen molar-refractivity contribution in [2.24, 2.45) is 7.05 Å². The summed E-state index contributed by atoms with van der Waals surface area (Å²) in [5, 5.41) is 28.6. The highest BCUT2D eigenvalue weighted by atomic mass is 28.3. The topological polar surface area (TPSA) is 88.9 Å². The number of hydrogen-bond donors (Lipinski definition) is 1. The van der Waals surface area contributed by atoms with Crippen molar-refractivity contribution in [1.82, 2.24) is 19.6 Å². The number of nitriles is 1. The van der Waals surface area contributed by atoms with Crippen LogP contribution in [0.15, 0.2) is 30.5 Å². The van der Waals surface area contributed by atoms with Crippen LogP contribution in [0.4, 0.5) is 4.39 Å². The number of halogens is 1. The van der Waals surface area contributed by atoms with E-state index in [1.165, 1.54) is 12.1 Å². The Hall–Kier alpha value is -2.93. The minimum atomic E-state index is -1.44. The second-order valence-corrected chi connectivity index (χ2v) is 13.6. The largest absolute Gasteiger partial charge is 0.389 e. The van der Waals surface area contributed by atoms with Crippen molar-refractivity contribution in [3.8, 4) is 17.3 Å². The summed E-state index contributed by atoms with van der Waals surface area (Å²) in [4.78, 5) is 0. The van der Waals surface area contributed by atoms with Gasteiger partial charge in [-0.3, -0.25) is 4.68 Å². The lowest BCUT2D eigenvalue weighted by molar-refractivity contribution is 0.0778. The van der Waals surface area contributed by atoms with Crippen molar-refractivity contribution in [2.75, 3.05) is 6.61 Å².